The SMILES string of the molecule is Cc1ccc(N2C(=S)N[C@H](c3ccccn3)[C@@H]2c2ccco2)cc1. The van der Waals surface area contributed by atoms with E-state index in [1.54, 1.807) is 12.5 Å². The first-order chi connectivity index (χ1) is 11.7. The Morgan fingerprint density at radius 1 is 1.08 bits per heavy atom. The van der Waals surface area contributed by atoms with E-state index in [4.69, 9.17) is 16.6 Å². The molecular weight excluding hydrogens is 318 g/mol. The number of nitrogens with zero attached hydrogens (tertiary/aromatic N) is 2. The third kappa shape index (κ3) is 2.57. The van der Waals surface area contributed by atoms with Crippen molar-refractivity contribution in [2.45, 2.75) is 19.0 Å². The molecule has 24 heavy (non-hydrogen) atoms. The Hall–Kier alpha value is -2.66. The van der Waals surface area contributed by atoms with E-state index in [-0.39, 0.29) is 12.1 Å². The number of rotatable bonds is 3. The molecule has 0 saturated carbocycles. The van der Waals surface area contributed by atoms with Gasteiger partial charge in [0.25, 0.3) is 0 Å². The van der Waals surface area contributed by atoms with Crippen LogP contribution in [0.25, 0.3) is 0 Å². The average molecular weight is 335 g/mol. The highest BCUT2D eigenvalue weighted by atomic mass is 32.1. The van der Waals surface area contributed by atoms with Crippen molar-refractivity contribution in [2.75, 3.05) is 4.90 Å². The Bertz CT molecular complexity index is 831. The summed E-state index contributed by atoms with van der Waals surface area (Å²) in [5.74, 6) is 0.860. The van der Waals surface area contributed by atoms with Crippen LogP contribution in [-0.4, -0.2) is 10.1 Å². The van der Waals surface area contributed by atoms with Gasteiger partial charge >= 0.3 is 0 Å². The number of aryl methyl sites for hydroxylation is 1. The zero-order valence-corrected chi connectivity index (χ0v) is 14.0. The molecule has 3 heterocycles. The van der Waals surface area contributed by atoms with Gasteiger partial charge in [-0.2, -0.15) is 0 Å². The lowest BCUT2D eigenvalue weighted by Gasteiger charge is -2.26. The molecule has 2 aromatic heterocycles. The molecule has 0 amide bonds. The number of benzene rings is 1. The Morgan fingerprint density at radius 2 is 1.92 bits per heavy atom. The summed E-state index contributed by atoms with van der Waals surface area (Å²) < 4.78 is 5.72. The number of aromatic nitrogens is 1. The van der Waals surface area contributed by atoms with Crippen LogP contribution in [0.3, 0.4) is 0 Å². The van der Waals surface area contributed by atoms with Gasteiger partial charge in [-0.1, -0.05) is 23.8 Å². The van der Waals surface area contributed by atoms with Gasteiger partial charge in [-0.15, -0.1) is 0 Å². The summed E-state index contributed by atoms with van der Waals surface area (Å²) in [7, 11) is 0. The van der Waals surface area contributed by atoms with E-state index in [0.29, 0.717) is 5.11 Å². The maximum atomic E-state index is 5.72. The van der Waals surface area contributed by atoms with Gasteiger partial charge in [0.15, 0.2) is 5.11 Å². The maximum Gasteiger partial charge on any atom is 0.174 e. The zero-order chi connectivity index (χ0) is 16.5. The second kappa shape index (κ2) is 6.09. The second-order valence-corrected chi connectivity index (χ2v) is 6.23. The summed E-state index contributed by atoms with van der Waals surface area (Å²) in [5.41, 5.74) is 3.20. The molecule has 0 spiro atoms. The molecule has 1 saturated heterocycles. The van der Waals surface area contributed by atoms with Gasteiger partial charge in [-0.3, -0.25) is 4.98 Å². The Morgan fingerprint density at radius 3 is 2.58 bits per heavy atom. The van der Waals surface area contributed by atoms with Gasteiger partial charge in [0.1, 0.15) is 11.8 Å². The molecule has 0 radical (unpaired) electrons. The van der Waals surface area contributed by atoms with E-state index in [2.05, 4.69) is 46.4 Å². The summed E-state index contributed by atoms with van der Waals surface area (Å²) in [6.45, 7) is 2.07. The molecule has 0 unspecified atom stereocenters. The normalized spacial score (nSPS) is 20.2. The maximum absolute atomic E-state index is 5.72. The second-order valence-electron chi connectivity index (χ2n) is 5.85. The molecule has 120 valence electrons. The van der Waals surface area contributed by atoms with E-state index >= 15 is 0 Å². The lowest BCUT2D eigenvalue weighted by Crippen LogP contribution is -2.29. The number of anilines is 1. The molecule has 1 aliphatic rings. The minimum atomic E-state index is -0.0786. The zero-order valence-electron chi connectivity index (χ0n) is 13.2. The van der Waals surface area contributed by atoms with Crippen LogP contribution in [0.2, 0.25) is 0 Å². The van der Waals surface area contributed by atoms with Gasteiger partial charge < -0.3 is 14.6 Å². The quantitative estimate of drug-likeness (QED) is 0.728. The van der Waals surface area contributed by atoms with Gasteiger partial charge in [0.2, 0.25) is 0 Å². The van der Waals surface area contributed by atoms with Crippen molar-refractivity contribution in [1.29, 1.82) is 0 Å². The standard InChI is InChI=1S/C19H17N3OS/c1-13-7-9-14(10-8-13)22-18(16-6-4-12-23-16)17(21-19(22)24)15-5-2-3-11-20-15/h2-12,17-18H,1H3,(H,21,24)/t17-,18+/m1/s1. The van der Waals surface area contributed by atoms with Gasteiger partial charge in [0.05, 0.1) is 18.0 Å². The predicted octanol–water partition coefficient (Wildman–Crippen LogP) is 4.16. The Balaban J connectivity index is 1.80. The number of nitrogens with one attached hydrogen (secondary N) is 1. The summed E-state index contributed by atoms with van der Waals surface area (Å²) in [6.07, 6.45) is 3.49. The monoisotopic (exact) mass is 335 g/mol. The summed E-state index contributed by atoms with van der Waals surface area (Å²) in [5, 5.41) is 4.08. The fourth-order valence-electron chi connectivity index (χ4n) is 3.09. The van der Waals surface area contributed by atoms with Crippen molar-refractivity contribution in [1.82, 2.24) is 10.3 Å². The molecule has 1 N–H and O–H groups in total. The predicted molar refractivity (Wildman–Crippen MR) is 97.8 cm³/mol. The molecule has 1 aromatic carbocycles. The highest BCUT2D eigenvalue weighted by molar-refractivity contribution is 7.80. The smallest absolute Gasteiger partial charge is 0.174 e. The average Bonchev–Trinajstić information content (AvgIpc) is 3.24. The van der Waals surface area contributed by atoms with Gasteiger partial charge in [-0.05, 0) is 55.5 Å². The molecule has 4 rings (SSSR count). The van der Waals surface area contributed by atoms with Crippen molar-refractivity contribution in [3.63, 3.8) is 0 Å². The number of thiocarbonyl (C=S) groups is 1. The summed E-state index contributed by atoms with van der Waals surface area (Å²) in [6, 6.07) is 18.0. The van der Waals surface area contributed by atoms with Gasteiger partial charge in [-0.25, -0.2) is 0 Å². The lowest BCUT2D eigenvalue weighted by molar-refractivity contribution is 0.432. The summed E-state index contributed by atoms with van der Waals surface area (Å²) in [4.78, 5) is 6.61. The molecule has 1 aliphatic heterocycles. The Labute approximate surface area is 146 Å². The first-order valence-electron chi connectivity index (χ1n) is 7.85. The molecule has 1 fully saturated rings. The third-order valence-corrected chi connectivity index (χ3v) is 4.56. The topological polar surface area (TPSA) is 41.3 Å². The highest BCUT2D eigenvalue weighted by Crippen LogP contribution is 2.41. The third-order valence-electron chi connectivity index (χ3n) is 4.24. The Kier molecular flexibility index (Phi) is 3.78. The molecule has 5 heteroatoms. The minimum Gasteiger partial charge on any atom is -0.467 e. The van der Waals surface area contributed by atoms with Crippen molar-refractivity contribution in [2.24, 2.45) is 0 Å². The van der Waals surface area contributed by atoms with E-state index in [1.807, 2.05) is 30.3 Å². The van der Waals surface area contributed by atoms with E-state index in [1.165, 1.54) is 5.56 Å². The van der Waals surface area contributed by atoms with Crippen LogP contribution in [0.15, 0.2) is 71.5 Å². The van der Waals surface area contributed by atoms with Gasteiger partial charge in [0, 0.05) is 11.9 Å². The molecular formula is C19H17N3OS. The van der Waals surface area contributed by atoms with Crippen molar-refractivity contribution >= 4 is 23.0 Å². The molecule has 0 aliphatic carbocycles. The van der Waals surface area contributed by atoms with Crippen LogP contribution in [-0.2, 0) is 0 Å². The molecule has 3 aromatic rings. The van der Waals surface area contributed by atoms with E-state index in [9.17, 15) is 0 Å². The van der Waals surface area contributed by atoms with E-state index in [0.717, 1.165) is 17.1 Å². The van der Waals surface area contributed by atoms with Crippen LogP contribution < -0.4 is 10.2 Å². The van der Waals surface area contributed by atoms with Crippen LogP contribution in [0.4, 0.5) is 5.69 Å². The van der Waals surface area contributed by atoms with Crippen molar-refractivity contribution in [3.05, 3.63) is 84.1 Å². The lowest BCUT2D eigenvalue weighted by atomic mass is 10.0. The highest BCUT2D eigenvalue weighted by Gasteiger charge is 2.42. The molecule has 0 bridgehead atoms. The fourth-order valence-corrected chi connectivity index (χ4v) is 3.43. The van der Waals surface area contributed by atoms with Crippen LogP contribution >= 0.6 is 12.2 Å². The fraction of sp³-hybridized carbons (Fsp3) is 0.158. The van der Waals surface area contributed by atoms with Crippen molar-refractivity contribution < 1.29 is 4.42 Å². The summed E-state index contributed by atoms with van der Waals surface area (Å²) >= 11 is 5.63. The largest absolute Gasteiger partial charge is 0.467 e. The van der Waals surface area contributed by atoms with Crippen LogP contribution in [0.5, 0.6) is 0 Å². The molecule has 4 nitrogen and oxygen atoms in total. The van der Waals surface area contributed by atoms with Crippen LogP contribution in [0, 0.1) is 6.92 Å². The minimum absolute atomic E-state index is 0.0637. The first kappa shape index (κ1) is 14.9. The van der Waals surface area contributed by atoms with E-state index < -0.39 is 0 Å². The number of pyridine rings is 1. The molecule has 2 atom stereocenters. The number of hydrogen-bond acceptors (Lipinski definition) is 3. The first-order valence-corrected chi connectivity index (χ1v) is 8.25. The van der Waals surface area contributed by atoms with Crippen molar-refractivity contribution in [3.8, 4) is 0 Å². The number of furan rings is 1. The number of hydrogen-bond donors (Lipinski definition) is 1. The van der Waals surface area contributed by atoms with Crippen LogP contribution in [0.1, 0.15) is 29.1 Å².